The lowest BCUT2D eigenvalue weighted by molar-refractivity contribution is -0.206. The van der Waals surface area contributed by atoms with Crippen LogP contribution in [0.5, 0.6) is 0 Å². The highest BCUT2D eigenvalue weighted by Crippen LogP contribution is 2.23. The van der Waals surface area contributed by atoms with Gasteiger partial charge in [0.25, 0.3) is 0 Å². The summed E-state index contributed by atoms with van der Waals surface area (Å²) in [5.74, 6) is -0.759. The third kappa shape index (κ3) is 2.85. The Hall–Kier alpha value is -1.66. The van der Waals surface area contributed by atoms with E-state index in [-0.39, 0.29) is 4.90 Å². The summed E-state index contributed by atoms with van der Waals surface area (Å²) in [7, 11) is -4.06. The number of hydrogen-bond acceptors (Lipinski definition) is 5. The van der Waals surface area contributed by atoms with Gasteiger partial charge >= 0.3 is 16.1 Å². The molecule has 19 heavy (non-hydrogen) atoms. The monoisotopic (exact) mass is 282 g/mol. The van der Waals surface area contributed by atoms with Crippen LogP contribution in [-0.2, 0) is 30.6 Å². The lowest BCUT2D eigenvalue weighted by atomic mass is 9.99. The quantitative estimate of drug-likeness (QED) is 0.583. The molecule has 2 bridgehead atoms. The Bertz CT molecular complexity index is 643. The zero-order valence-electron chi connectivity index (χ0n) is 10.7. The molecule has 0 saturated carbocycles. The number of carbonyl (C=O) groups is 1. The number of rotatable bonds is 1. The molecular formula is C13H14O5S. The van der Waals surface area contributed by atoms with E-state index in [9.17, 15) is 13.2 Å². The Labute approximate surface area is 111 Å². The standard InChI is InChI=1S/C13H14O5S/c1-3-9(2)12-8-10-5-4-6-11(7-10)19(15,16)18-17-13(12)14/h4-7H,3,8H2,1-2H3. The first-order chi connectivity index (χ1) is 8.94. The molecule has 0 atom stereocenters. The highest BCUT2D eigenvalue weighted by Gasteiger charge is 2.25. The van der Waals surface area contributed by atoms with Crippen LogP contribution in [0.25, 0.3) is 0 Å². The fourth-order valence-corrected chi connectivity index (χ4v) is 2.56. The second-order valence-corrected chi connectivity index (χ2v) is 5.85. The Morgan fingerprint density at radius 3 is 2.79 bits per heavy atom. The molecule has 1 heterocycles. The lowest BCUT2D eigenvalue weighted by Gasteiger charge is -2.07. The van der Waals surface area contributed by atoms with Crippen LogP contribution in [0.4, 0.5) is 0 Å². The predicted octanol–water partition coefficient (Wildman–Crippen LogP) is 2.13. The minimum Gasteiger partial charge on any atom is -0.276 e. The molecule has 1 aliphatic rings. The van der Waals surface area contributed by atoms with Crippen molar-refractivity contribution >= 4 is 16.1 Å². The van der Waals surface area contributed by atoms with Gasteiger partial charge in [-0.15, -0.1) is 0 Å². The van der Waals surface area contributed by atoms with E-state index in [0.717, 1.165) is 11.1 Å². The highest BCUT2D eigenvalue weighted by atomic mass is 32.2. The lowest BCUT2D eigenvalue weighted by Crippen LogP contribution is -2.14. The predicted molar refractivity (Wildman–Crippen MR) is 67.5 cm³/mol. The minimum atomic E-state index is -4.06. The van der Waals surface area contributed by atoms with Crippen LogP contribution in [0.1, 0.15) is 25.8 Å². The zero-order valence-corrected chi connectivity index (χ0v) is 11.5. The second kappa shape index (κ2) is 5.14. The molecule has 1 aromatic carbocycles. The minimum absolute atomic E-state index is 0.0202. The number of carbonyl (C=O) groups excluding carboxylic acids is 1. The van der Waals surface area contributed by atoms with Crippen LogP contribution in [0.3, 0.4) is 0 Å². The van der Waals surface area contributed by atoms with E-state index in [1.165, 1.54) is 12.1 Å². The van der Waals surface area contributed by atoms with Crippen molar-refractivity contribution in [1.82, 2.24) is 0 Å². The van der Waals surface area contributed by atoms with Gasteiger partial charge in [-0.05, 0) is 35.4 Å². The van der Waals surface area contributed by atoms with Gasteiger partial charge < -0.3 is 0 Å². The summed E-state index contributed by atoms with van der Waals surface area (Å²) in [6.45, 7) is 3.73. The van der Waals surface area contributed by atoms with Gasteiger partial charge in [-0.25, -0.2) is 4.79 Å². The smallest absolute Gasteiger partial charge is 0.276 e. The molecule has 0 spiro atoms. The Balaban J connectivity index is 2.56. The normalized spacial score (nSPS) is 20.8. The largest absolute Gasteiger partial charge is 0.370 e. The molecule has 0 amide bonds. The van der Waals surface area contributed by atoms with E-state index < -0.39 is 16.1 Å². The molecule has 0 aliphatic carbocycles. The Kier molecular flexibility index (Phi) is 3.73. The van der Waals surface area contributed by atoms with Crippen LogP contribution in [-0.4, -0.2) is 14.4 Å². The van der Waals surface area contributed by atoms with E-state index in [1.54, 1.807) is 12.1 Å². The van der Waals surface area contributed by atoms with Crippen LogP contribution >= 0.6 is 0 Å². The molecule has 5 nitrogen and oxygen atoms in total. The number of fused-ring (bicyclic) bond motifs is 2. The first-order valence-electron chi connectivity index (χ1n) is 5.87. The third-order valence-corrected chi connectivity index (χ3v) is 4.14. The van der Waals surface area contributed by atoms with E-state index in [0.29, 0.717) is 18.4 Å². The number of allylic oxidation sites excluding steroid dienone is 1. The topological polar surface area (TPSA) is 69.7 Å². The van der Waals surface area contributed by atoms with Crippen molar-refractivity contribution in [3.63, 3.8) is 0 Å². The first-order valence-corrected chi connectivity index (χ1v) is 7.28. The molecule has 1 aliphatic heterocycles. The molecule has 0 saturated heterocycles. The summed E-state index contributed by atoms with van der Waals surface area (Å²) in [5, 5.41) is 0. The summed E-state index contributed by atoms with van der Waals surface area (Å²) in [6, 6.07) is 6.26. The van der Waals surface area contributed by atoms with Gasteiger partial charge in [-0.3, -0.25) is 4.89 Å². The maximum absolute atomic E-state index is 11.9. The van der Waals surface area contributed by atoms with Crippen LogP contribution in [0, 0.1) is 0 Å². The molecule has 2 rings (SSSR count). The number of hydrogen-bond donors (Lipinski definition) is 0. The second-order valence-electron chi connectivity index (χ2n) is 4.33. The van der Waals surface area contributed by atoms with Crippen LogP contribution in [0.15, 0.2) is 40.3 Å². The fourth-order valence-electron chi connectivity index (χ4n) is 1.79. The summed E-state index contributed by atoms with van der Waals surface area (Å²) in [6.07, 6.45) is 1.00. The van der Waals surface area contributed by atoms with Crippen molar-refractivity contribution in [2.75, 3.05) is 0 Å². The molecule has 0 fully saturated rings. The van der Waals surface area contributed by atoms with E-state index in [2.05, 4.69) is 9.22 Å². The van der Waals surface area contributed by atoms with E-state index in [4.69, 9.17) is 0 Å². The zero-order chi connectivity index (χ0) is 14.0. The summed E-state index contributed by atoms with van der Waals surface area (Å²) in [5.41, 5.74) is 2.00. The first kappa shape index (κ1) is 13.8. The van der Waals surface area contributed by atoms with Crippen molar-refractivity contribution in [2.24, 2.45) is 0 Å². The van der Waals surface area contributed by atoms with E-state index in [1.807, 2.05) is 13.8 Å². The van der Waals surface area contributed by atoms with Gasteiger partial charge in [0.15, 0.2) is 0 Å². The molecule has 0 aromatic heterocycles. The van der Waals surface area contributed by atoms with Crippen LogP contribution < -0.4 is 0 Å². The fraction of sp³-hybridized carbons (Fsp3) is 0.308. The number of benzene rings is 1. The average Bonchev–Trinajstić information content (AvgIpc) is 2.43. The Morgan fingerprint density at radius 2 is 2.11 bits per heavy atom. The Morgan fingerprint density at radius 1 is 1.37 bits per heavy atom. The molecule has 102 valence electrons. The maximum Gasteiger partial charge on any atom is 0.370 e. The molecule has 6 heteroatoms. The van der Waals surface area contributed by atoms with Crippen molar-refractivity contribution < 1.29 is 22.4 Å². The maximum atomic E-state index is 11.9. The van der Waals surface area contributed by atoms with Gasteiger partial charge in [0.2, 0.25) is 0 Å². The van der Waals surface area contributed by atoms with Crippen molar-refractivity contribution in [3.8, 4) is 0 Å². The molecule has 0 N–H and O–H groups in total. The van der Waals surface area contributed by atoms with Gasteiger partial charge in [0.1, 0.15) is 0 Å². The van der Waals surface area contributed by atoms with Gasteiger partial charge in [-0.1, -0.05) is 24.6 Å². The molecular weight excluding hydrogens is 268 g/mol. The van der Waals surface area contributed by atoms with Crippen molar-refractivity contribution in [1.29, 1.82) is 0 Å². The van der Waals surface area contributed by atoms with Gasteiger partial charge in [-0.2, -0.15) is 8.42 Å². The van der Waals surface area contributed by atoms with Crippen molar-refractivity contribution in [3.05, 3.63) is 41.0 Å². The molecule has 0 unspecified atom stereocenters. The third-order valence-electron chi connectivity index (χ3n) is 3.06. The molecule has 0 radical (unpaired) electrons. The van der Waals surface area contributed by atoms with E-state index >= 15 is 0 Å². The summed E-state index contributed by atoms with van der Waals surface area (Å²) in [4.78, 5) is 16.3. The molecule has 1 aromatic rings. The van der Waals surface area contributed by atoms with Crippen LogP contribution in [0.2, 0.25) is 0 Å². The average molecular weight is 282 g/mol. The van der Waals surface area contributed by atoms with Gasteiger partial charge in [0, 0.05) is 12.0 Å². The SMILES string of the molecule is CCC(C)=C1Cc2cccc(c2)S(=O)(=O)OOC1=O. The highest BCUT2D eigenvalue weighted by molar-refractivity contribution is 7.86. The summed E-state index contributed by atoms with van der Waals surface area (Å²) >= 11 is 0. The summed E-state index contributed by atoms with van der Waals surface area (Å²) < 4.78 is 27.8. The van der Waals surface area contributed by atoms with Gasteiger partial charge in [0.05, 0.1) is 4.90 Å². The van der Waals surface area contributed by atoms with Crippen molar-refractivity contribution in [2.45, 2.75) is 31.6 Å².